The number of benzene rings is 1. The fraction of sp³-hybridized carbons (Fsp3) is 0.308. The van der Waals surface area contributed by atoms with Crippen LogP contribution in [0.1, 0.15) is 40.8 Å². The lowest BCUT2D eigenvalue weighted by molar-refractivity contribution is -0.139. The van der Waals surface area contributed by atoms with Crippen LogP contribution in [0.4, 0.5) is 0 Å². The number of allylic oxidation sites excluding steroid dienone is 1. The molecule has 35 heavy (non-hydrogen) atoms. The van der Waals surface area contributed by atoms with Gasteiger partial charge in [0.25, 0.3) is 0 Å². The molecule has 2 aromatic rings. The van der Waals surface area contributed by atoms with Gasteiger partial charge in [-0.05, 0) is 44.9 Å². The van der Waals surface area contributed by atoms with E-state index in [1.54, 1.807) is 31.2 Å². The number of carbonyl (C=O) groups excluding carboxylic acids is 1. The number of nitrogens with zero attached hydrogens (tertiary/aromatic N) is 3. The van der Waals surface area contributed by atoms with Crippen molar-refractivity contribution in [2.75, 3.05) is 19.5 Å². The Bertz CT molecular complexity index is 1320. The van der Waals surface area contributed by atoms with Gasteiger partial charge < -0.3 is 19.9 Å². The Labute approximate surface area is 209 Å². The summed E-state index contributed by atoms with van der Waals surface area (Å²) in [6, 6.07) is 11.4. The lowest BCUT2D eigenvalue weighted by atomic mass is 9.82. The van der Waals surface area contributed by atoms with Gasteiger partial charge in [0.15, 0.2) is 0 Å². The van der Waals surface area contributed by atoms with Crippen LogP contribution in [-0.4, -0.2) is 30.4 Å². The molecular formula is C26H26N4O4S. The summed E-state index contributed by atoms with van der Waals surface area (Å²) in [5.41, 5.74) is 10.1. The Morgan fingerprint density at radius 3 is 2.54 bits per heavy atom. The first kappa shape index (κ1) is 25.7. The summed E-state index contributed by atoms with van der Waals surface area (Å²) in [4.78, 5) is 17.8. The number of methoxy groups -OCH3 is 1. The number of para-hydroxylation sites is 1. The molecule has 0 radical (unpaired) electrons. The van der Waals surface area contributed by atoms with Crippen LogP contribution in [0.15, 0.2) is 52.1 Å². The summed E-state index contributed by atoms with van der Waals surface area (Å²) in [7, 11) is 1.51. The number of esters is 1. The van der Waals surface area contributed by atoms with E-state index in [1.165, 1.54) is 18.9 Å². The second kappa shape index (κ2) is 11.0. The largest absolute Gasteiger partial charge is 0.496 e. The average molecular weight is 491 g/mol. The zero-order valence-corrected chi connectivity index (χ0v) is 21.1. The Morgan fingerprint density at radius 1 is 1.20 bits per heavy atom. The van der Waals surface area contributed by atoms with Crippen LogP contribution in [0.5, 0.6) is 5.75 Å². The summed E-state index contributed by atoms with van der Waals surface area (Å²) in [6.45, 7) is 7.52. The highest BCUT2D eigenvalue weighted by molar-refractivity contribution is 7.99. The molecule has 0 saturated carbocycles. The minimum absolute atomic E-state index is 0.0872. The predicted molar refractivity (Wildman–Crippen MR) is 131 cm³/mol. The molecule has 0 unspecified atom stereocenters. The van der Waals surface area contributed by atoms with Crippen molar-refractivity contribution in [3.63, 3.8) is 0 Å². The Hall–Kier alpha value is -3.95. The molecule has 180 valence electrons. The molecule has 2 heterocycles. The van der Waals surface area contributed by atoms with Crippen LogP contribution in [-0.2, 0) is 14.3 Å². The number of pyridine rings is 1. The van der Waals surface area contributed by atoms with Gasteiger partial charge in [-0.25, -0.2) is 9.78 Å². The van der Waals surface area contributed by atoms with Gasteiger partial charge in [-0.2, -0.15) is 10.5 Å². The van der Waals surface area contributed by atoms with Crippen LogP contribution >= 0.6 is 11.8 Å². The number of nitriles is 2. The van der Waals surface area contributed by atoms with E-state index in [1.807, 2.05) is 20.8 Å². The van der Waals surface area contributed by atoms with Crippen molar-refractivity contribution in [1.82, 2.24) is 4.98 Å². The molecular weight excluding hydrogens is 464 g/mol. The average Bonchev–Trinajstić information content (AvgIpc) is 2.85. The normalized spacial score (nSPS) is 15.2. The third-order valence-electron chi connectivity index (χ3n) is 5.86. The summed E-state index contributed by atoms with van der Waals surface area (Å²) >= 11 is 1.26. The molecule has 2 N–H and O–H groups in total. The maximum absolute atomic E-state index is 13.2. The van der Waals surface area contributed by atoms with E-state index < -0.39 is 11.9 Å². The third-order valence-corrected chi connectivity index (χ3v) is 6.83. The van der Waals surface area contributed by atoms with Gasteiger partial charge in [0.2, 0.25) is 5.88 Å². The summed E-state index contributed by atoms with van der Waals surface area (Å²) in [5, 5.41) is 20.1. The monoisotopic (exact) mass is 490 g/mol. The van der Waals surface area contributed by atoms with Crippen LogP contribution in [0.25, 0.3) is 0 Å². The number of ether oxygens (including phenoxy) is 3. The maximum Gasteiger partial charge on any atom is 0.338 e. The smallest absolute Gasteiger partial charge is 0.338 e. The molecule has 3 rings (SSSR count). The van der Waals surface area contributed by atoms with E-state index in [0.717, 1.165) is 16.8 Å². The van der Waals surface area contributed by atoms with E-state index >= 15 is 0 Å². The van der Waals surface area contributed by atoms with Crippen molar-refractivity contribution >= 4 is 17.7 Å². The highest BCUT2D eigenvalue weighted by Crippen LogP contribution is 2.44. The molecule has 9 heteroatoms. The lowest BCUT2D eigenvalue weighted by Gasteiger charge is -2.29. The maximum atomic E-state index is 13.2. The Kier molecular flexibility index (Phi) is 8.06. The van der Waals surface area contributed by atoms with Gasteiger partial charge in [0, 0.05) is 11.3 Å². The Morgan fingerprint density at radius 2 is 1.91 bits per heavy atom. The number of thioether (sulfide) groups is 1. The van der Waals surface area contributed by atoms with Gasteiger partial charge in [-0.1, -0.05) is 30.0 Å². The molecule has 0 spiro atoms. The van der Waals surface area contributed by atoms with Crippen LogP contribution < -0.4 is 10.5 Å². The number of hydrogen-bond acceptors (Lipinski definition) is 9. The molecule has 1 aliphatic heterocycles. The first-order valence-corrected chi connectivity index (χ1v) is 11.9. The molecule has 1 aromatic carbocycles. The van der Waals surface area contributed by atoms with Crippen LogP contribution in [0.3, 0.4) is 0 Å². The van der Waals surface area contributed by atoms with Crippen LogP contribution in [0, 0.1) is 43.4 Å². The summed E-state index contributed by atoms with van der Waals surface area (Å²) < 4.78 is 16.7. The highest BCUT2D eigenvalue weighted by atomic mass is 32.2. The highest BCUT2D eigenvalue weighted by Gasteiger charge is 2.39. The molecule has 1 aromatic heterocycles. The molecule has 0 amide bonds. The van der Waals surface area contributed by atoms with E-state index in [2.05, 4.69) is 17.1 Å². The van der Waals surface area contributed by atoms with Crippen molar-refractivity contribution in [3.05, 3.63) is 75.0 Å². The number of hydrogen-bond donors (Lipinski definition) is 1. The second-order valence-electron chi connectivity index (χ2n) is 7.75. The fourth-order valence-corrected chi connectivity index (χ4v) is 4.88. The minimum atomic E-state index is -0.843. The van der Waals surface area contributed by atoms with Crippen molar-refractivity contribution in [2.24, 2.45) is 5.73 Å². The van der Waals surface area contributed by atoms with Gasteiger partial charge in [0.1, 0.15) is 34.2 Å². The molecule has 0 fully saturated rings. The number of aryl methyl sites for hydroxylation is 1. The molecule has 8 nitrogen and oxygen atoms in total. The van der Waals surface area contributed by atoms with Gasteiger partial charge in [0.05, 0.1) is 36.5 Å². The standard InChI is InChI=1S/C26H26N4O4S/c1-6-33-26(31)23-21(13-35-25-18(11-27)15(3)14(2)16(4)30-25)34-24(29)19(12-28)22(23)17-9-7-8-10-20(17)32-5/h7-10,22H,6,13,29H2,1-5H3/t22-/m0/s1. The molecule has 0 bridgehead atoms. The number of aromatic nitrogens is 1. The second-order valence-corrected chi connectivity index (χ2v) is 8.72. The molecule has 0 aliphatic carbocycles. The molecule has 1 aliphatic rings. The molecule has 1 atom stereocenters. The molecule has 0 saturated heterocycles. The number of nitrogens with two attached hydrogens (primary N) is 1. The van der Waals surface area contributed by atoms with Crippen molar-refractivity contribution < 1.29 is 19.0 Å². The van der Waals surface area contributed by atoms with Gasteiger partial charge in [-0.15, -0.1) is 0 Å². The zero-order chi connectivity index (χ0) is 25.7. The zero-order valence-electron chi connectivity index (χ0n) is 20.3. The van der Waals surface area contributed by atoms with Crippen molar-refractivity contribution in [2.45, 2.75) is 38.6 Å². The first-order chi connectivity index (χ1) is 16.8. The minimum Gasteiger partial charge on any atom is -0.496 e. The van der Waals surface area contributed by atoms with E-state index in [9.17, 15) is 15.3 Å². The predicted octanol–water partition coefficient (Wildman–Crippen LogP) is 4.30. The third kappa shape index (κ3) is 4.96. The summed E-state index contributed by atoms with van der Waals surface area (Å²) in [6.07, 6.45) is 0. The van der Waals surface area contributed by atoms with E-state index in [0.29, 0.717) is 21.9 Å². The van der Waals surface area contributed by atoms with Crippen molar-refractivity contribution in [3.8, 4) is 17.9 Å². The Balaban J connectivity index is 2.16. The van der Waals surface area contributed by atoms with Crippen molar-refractivity contribution in [1.29, 1.82) is 10.5 Å². The SMILES string of the molecule is CCOC(=O)C1=C(CSc2nc(C)c(C)c(C)c2C#N)OC(N)=C(C#N)[C@@H]1c1ccccc1OC. The fourth-order valence-electron chi connectivity index (χ4n) is 3.85. The topological polar surface area (TPSA) is 131 Å². The quantitative estimate of drug-likeness (QED) is 0.445. The summed E-state index contributed by atoms with van der Waals surface area (Å²) in [5.74, 6) is -0.692. The van der Waals surface area contributed by atoms with Gasteiger partial charge in [-0.3, -0.25) is 0 Å². The van der Waals surface area contributed by atoms with Crippen LogP contribution in [0.2, 0.25) is 0 Å². The number of carbonyl (C=O) groups is 1. The van der Waals surface area contributed by atoms with E-state index in [4.69, 9.17) is 19.9 Å². The van der Waals surface area contributed by atoms with Gasteiger partial charge >= 0.3 is 5.97 Å². The first-order valence-electron chi connectivity index (χ1n) is 10.9. The lowest BCUT2D eigenvalue weighted by Crippen LogP contribution is -2.27. The number of rotatable bonds is 7. The van der Waals surface area contributed by atoms with E-state index in [-0.39, 0.29) is 35.1 Å².